The van der Waals surface area contributed by atoms with Crippen LogP contribution >= 0.6 is 15.9 Å². The highest BCUT2D eigenvalue weighted by Crippen LogP contribution is 2.19. The van der Waals surface area contributed by atoms with Gasteiger partial charge in [0.25, 0.3) is 5.91 Å². The molecule has 5 heteroatoms. The van der Waals surface area contributed by atoms with Gasteiger partial charge in [-0.1, -0.05) is 51.8 Å². The Bertz CT molecular complexity index is 886. The zero-order valence-corrected chi connectivity index (χ0v) is 15.2. The van der Waals surface area contributed by atoms with Crippen LogP contribution in [-0.2, 0) is 6.54 Å². The first-order valence-corrected chi connectivity index (χ1v) is 8.48. The Morgan fingerprint density at radius 3 is 2.71 bits per heavy atom. The average Bonchev–Trinajstić information content (AvgIpc) is 2.96. The molecule has 0 spiro atoms. The predicted octanol–water partition coefficient (Wildman–Crippen LogP) is 4.56. The Hall–Kier alpha value is -2.40. The van der Waals surface area contributed by atoms with Crippen molar-refractivity contribution < 1.29 is 4.79 Å². The van der Waals surface area contributed by atoms with E-state index in [0.29, 0.717) is 17.9 Å². The number of nitrogens with zero attached hydrogens (tertiary/aromatic N) is 2. The molecule has 24 heavy (non-hydrogen) atoms. The van der Waals surface area contributed by atoms with Crippen molar-refractivity contribution in [3.8, 4) is 0 Å². The molecule has 122 valence electrons. The molecule has 1 N–H and O–H groups in total. The number of hydrogen-bond donors (Lipinski definition) is 1. The molecule has 1 aromatic heterocycles. The molecule has 3 aromatic rings. The number of aryl methyl sites for hydroxylation is 2. The van der Waals surface area contributed by atoms with E-state index in [0.717, 1.165) is 21.2 Å². The molecule has 1 amide bonds. The molecule has 0 fully saturated rings. The minimum atomic E-state index is -0.124. The summed E-state index contributed by atoms with van der Waals surface area (Å²) in [5.41, 5.74) is 3.88. The fourth-order valence-electron chi connectivity index (χ4n) is 2.60. The normalized spacial score (nSPS) is 10.6. The van der Waals surface area contributed by atoms with E-state index in [4.69, 9.17) is 0 Å². The molecule has 0 aliphatic heterocycles. The van der Waals surface area contributed by atoms with Crippen LogP contribution in [0.3, 0.4) is 0 Å². The van der Waals surface area contributed by atoms with Crippen LogP contribution in [-0.4, -0.2) is 15.7 Å². The summed E-state index contributed by atoms with van der Waals surface area (Å²) in [5, 5.41) is 7.27. The number of nitrogens with one attached hydrogen (secondary N) is 1. The summed E-state index contributed by atoms with van der Waals surface area (Å²) >= 11 is 3.54. The molecule has 0 bridgehead atoms. The predicted molar refractivity (Wildman–Crippen MR) is 99.3 cm³/mol. The highest BCUT2D eigenvalue weighted by molar-refractivity contribution is 9.10. The van der Waals surface area contributed by atoms with Crippen LogP contribution < -0.4 is 5.32 Å². The van der Waals surface area contributed by atoms with Gasteiger partial charge in [-0.05, 0) is 37.1 Å². The molecule has 0 atom stereocenters. The Labute approximate surface area is 149 Å². The van der Waals surface area contributed by atoms with Crippen LogP contribution in [0.5, 0.6) is 0 Å². The van der Waals surface area contributed by atoms with Gasteiger partial charge in [-0.25, -0.2) is 4.68 Å². The van der Waals surface area contributed by atoms with E-state index in [9.17, 15) is 4.79 Å². The topological polar surface area (TPSA) is 46.9 Å². The van der Waals surface area contributed by atoms with Crippen LogP contribution in [0.2, 0.25) is 0 Å². The highest BCUT2D eigenvalue weighted by atomic mass is 79.9. The van der Waals surface area contributed by atoms with Crippen molar-refractivity contribution in [3.63, 3.8) is 0 Å². The number of carbonyl (C=O) groups is 1. The van der Waals surface area contributed by atoms with E-state index in [-0.39, 0.29) is 5.91 Å². The highest BCUT2D eigenvalue weighted by Gasteiger charge is 2.12. The second kappa shape index (κ2) is 7.01. The number of aromatic nitrogens is 2. The molecule has 0 saturated heterocycles. The summed E-state index contributed by atoms with van der Waals surface area (Å²) in [7, 11) is 0. The molecule has 4 nitrogen and oxygen atoms in total. The third-order valence-electron chi connectivity index (χ3n) is 3.86. The molecule has 0 unspecified atom stereocenters. The van der Waals surface area contributed by atoms with E-state index in [1.807, 2.05) is 56.3 Å². The zero-order chi connectivity index (χ0) is 17.1. The van der Waals surface area contributed by atoms with E-state index in [1.54, 1.807) is 16.9 Å². The summed E-state index contributed by atoms with van der Waals surface area (Å²) < 4.78 is 2.80. The monoisotopic (exact) mass is 383 g/mol. The molecular formula is C19H18BrN3O. The lowest BCUT2D eigenvalue weighted by Gasteiger charge is -2.11. The summed E-state index contributed by atoms with van der Waals surface area (Å²) in [6.07, 6.45) is 1.69. The van der Waals surface area contributed by atoms with Gasteiger partial charge in [-0.3, -0.25) is 4.79 Å². The molecular weight excluding hydrogens is 366 g/mol. The first kappa shape index (κ1) is 16.5. The van der Waals surface area contributed by atoms with Crippen molar-refractivity contribution in [2.75, 3.05) is 5.32 Å². The van der Waals surface area contributed by atoms with Crippen molar-refractivity contribution >= 4 is 27.7 Å². The van der Waals surface area contributed by atoms with Crippen molar-refractivity contribution in [1.29, 1.82) is 0 Å². The van der Waals surface area contributed by atoms with E-state index in [2.05, 4.69) is 26.3 Å². The maximum atomic E-state index is 12.6. The Morgan fingerprint density at radius 2 is 1.96 bits per heavy atom. The van der Waals surface area contributed by atoms with Crippen LogP contribution in [0, 0.1) is 13.8 Å². The number of benzene rings is 2. The molecule has 1 heterocycles. The largest absolute Gasteiger partial charge is 0.307 e. The molecule has 2 aromatic carbocycles. The van der Waals surface area contributed by atoms with Crippen LogP contribution in [0.25, 0.3) is 0 Å². The van der Waals surface area contributed by atoms with Crippen molar-refractivity contribution in [1.82, 2.24) is 9.78 Å². The lowest BCUT2D eigenvalue weighted by atomic mass is 10.1. The fourth-order valence-corrected chi connectivity index (χ4v) is 3.01. The number of hydrogen-bond acceptors (Lipinski definition) is 2. The van der Waals surface area contributed by atoms with Gasteiger partial charge >= 0.3 is 0 Å². The first-order valence-electron chi connectivity index (χ1n) is 7.68. The average molecular weight is 384 g/mol. The number of carbonyl (C=O) groups excluding carboxylic acids is 1. The van der Waals surface area contributed by atoms with Gasteiger partial charge in [-0.15, -0.1) is 0 Å². The molecule has 0 aliphatic rings. The molecule has 0 saturated carbocycles. The second-order valence-electron chi connectivity index (χ2n) is 5.74. The minimum Gasteiger partial charge on any atom is -0.307 e. The van der Waals surface area contributed by atoms with E-state index < -0.39 is 0 Å². The van der Waals surface area contributed by atoms with Crippen molar-refractivity contribution in [3.05, 3.63) is 81.5 Å². The van der Waals surface area contributed by atoms with Gasteiger partial charge in [0.05, 0.1) is 12.7 Å². The molecule has 0 aliphatic carbocycles. The van der Waals surface area contributed by atoms with E-state index >= 15 is 0 Å². The summed E-state index contributed by atoms with van der Waals surface area (Å²) in [6.45, 7) is 4.54. The summed E-state index contributed by atoms with van der Waals surface area (Å²) in [5.74, 6) is 0.553. The Kier molecular flexibility index (Phi) is 4.81. The van der Waals surface area contributed by atoms with Crippen molar-refractivity contribution in [2.24, 2.45) is 0 Å². The SMILES string of the molecule is Cc1ccc(C(=O)Nc2ccnn2Cc2ccccc2Br)c(C)c1. The Morgan fingerprint density at radius 1 is 1.17 bits per heavy atom. The van der Waals surface area contributed by atoms with E-state index in [1.165, 1.54) is 0 Å². The third-order valence-corrected chi connectivity index (χ3v) is 4.64. The molecule has 0 radical (unpaired) electrons. The van der Waals surface area contributed by atoms with Gasteiger partial charge in [-0.2, -0.15) is 5.10 Å². The lowest BCUT2D eigenvalue weighted by molar-refractivity contribution is 0.102. The van der Waals surface area contributed by atoms with Gasteiger partial charge in [0.15, 0.2) is 0 Å². The lowest BCUT2D eigenvalue weighted by Crippen LogP contribution is -2.17. The van der Waals surface area contributed by atoms with Gasteiger partial charge in [0, 0.05) is 16.1 Å². The van der Waals surface area contributed by atoms with Crippen LogP contribution in [0.15, 0.2) is 59.2 Å². The van der Waals surface area contributed by atoms with Gasteiger partial charge in [0.2, 0.25) is 0 Å². The quantitative estimate of drug-likeness (QED) is 0.717. The first-order chi connectivity index (χ1) is 11.5. The van der Waals surface area contributed by atoms with Crippen LogP contribution in [0.1, 0.15) is 27.0 Å². The Balaban J connectivity index is 1.80. The smallest absolute Gasteiger partial charge is 0.257 e. The number of rotatable bonds is 4. The standard InChI is InChI=1S/C19H18BrN3O/c1-13-7-8-16(14(2)11-13)19(24)22-18-9-10-21-23(18)12-15-5-3-4-6-17(15)20/h3-11H,12H2,1-2H3,(H,22,24). The van der Waals surface area contributed by atoms with Crippen LogP contribution in [0.4, 0.5) is 5.82 Å². The third kappa shape index (κ3) is 3.57. The second-order valence-corrected chi connectivity index (χ2v) is 6.59. The van der Waals surface area contributed by atoms with Crippen molar-refractivity contribution in [2.45, 2.75) is 20.4 Å². The zero-order valence-electron chi connectivity index (χ0n) is 13.6. The number of halogens is 1. The van der Waals surface area contributed by atoms with Gasteiger partial charge in [0.1, 0.15) is 5.82 Å². The summed E-state index contributed by atoms with van der Waals surface area (Å²) in [4.78, 5) is 12.6. The maximum absolute atomic E-state index is 12.6. The fraction of sp³-hybridized carbons (Fsp3) is 0.158. The van der Waals surface area contributed by atoms with Gasteiger partial charge < -0.3 is 5.32 Å². The minimum absolute atomic E-state index is 0.124. The molecule has 3 rings (SSSR count). The summed E-state index contributed by atoms with van der Waals surface area (Å²) in [6, 6.07) is 15.6. The number of amides is 1. The number of anilines is 1. The maximum Gasteiger partial charge on any atom is 0.257 e.